The number of aliphatic carboxylic acids is 1. The van der Waals surface area contributed by atoms with Gasteiger partial charge >= 0.3 is 5.97 Å². The molecule has 1 saturated heterocycles. The molecule has 0 bridgehead atoms. The van der Waals surface area contributed by atoms with Crippen LogP contribution in [0.25, 0.3) is 0 Å². The topological polar surface area (TPSA) is 49.8 Å². The summed E-state index contributed by atoms with van der Waals surface area (Å²) in [5.41, 5.74) is 0. The SMILES string of the molecule is COC(C)C(C)N1CC2CCCC2C1C(=O)O. The van der Waals surface area contributed by atoms with E-state index in [1.54, 1.807) is 7.11 Å². The normalized spacial score (nSPS) is 36.8. The van der Waals surface area contributed by atoms with Gasteiger partial charge in [-0.05, 0) is 38.5 Å². The van der Waals surface area contributed by atoms with E-state index in [-0.39, 0.29) is 18.2 Å². The summed E-state index contributed by atoms with van der Waals surface area (Å²) in [6, 6.07) is -0.123. The van der Waals surface area contributed by atoms with Crippen molar-refractivity contribution in [1.29, 1.82) is 0 Å². The molecule has 0 aromatic carbocycles. The van der Waals surface area contributed by atoms with Gasteiger partial charge in [-0.3, -0.25) is 9.69 Å². The quantitative estimate of drug-likeness (QED) is 0.812. The van der Waals surface area contributed by atoms with E-state index >= 15 is 0 Å². The molecule has 0 amide bonds. The summed E-state index contributed by atoms with van der Waals surface area (Å²) in [7, 11) is 1.69. The van der Waals surface area contributed by atoms with Crippen LogP contribution >= 0.6 is 0 Å². The Bertz CT molecular complexity index is 294. The van der Waals surface area contributed by atoms with Crippen LogP contribution in [0.3, 0.4) is 0 Å². The van der Waals surface area contributed by atoms with Gasteiger partial charge in [-0.1, -0.05) is 6.42 Å². The van der Waals surface area contributed by atoms with Crippen molar-refractivity contribution in [2.45, 2.75) is 51.3 Å². The van der Waals surface area contributed by atoms with E-state index in [1.807, 2.05) is 6.92 Å². The summed E-state index contributed by atoms with van der Waals surface area (Å²) >= 11 is 0. The number of carboxylic acids is 1. The molecule has 1 saturated carbocycles. The van der Waals surface area contributed by atoms with E-state index in [2.05, 4.69) is 11.8 Å². The van der Waals surface area contributed by atoms with Gasteiger partial charge in [-0.25, -0.2) is 0 Å². The Morgan fingerprint density at radius 2 is 2.12 bits per heavy atom. The number of carbonyl (C=O) groups is 1. The molecule has 1 aliphatic carbocycles. The standard InChI is InChI=1S/C13H23NO3/c1-8(9(2)17-3)14-7-10-5-4-6-11(10)12(14)13(15)16/h8-12H,4-7H2,1-3H3,(H,15,16). The van der Waals surface area contributed by atoms with Gasteiger partial charge in [0.15, 0.2) is 0 Å². The molecule has 2 aliphatic rings. The Morgan fingerprint density at radius 1 is 1.41 bits per heavy atom. The van der Waals surface area contributed by atoms with Crippen LogP contribution in [0, 0.1) is 11.8 Å². The third-order valence-corrected chi connectivity index (χ3v) is 4.75. The van der Waals surface area contributed by atoms with E-state index in [0.29, 0.717) is 11.8 Å². The van der Waals surface area contributed by atoms with Crippen LogP contribution in [-0.2, 0) is 9.53 Å². The number of hydrogen-bond donors (Lipinski definition) is 1. The highest BCUT2D eigenvalue weighted by molar-refractivity contribution is 5.74. The number of likely N-dealkylation sites (tertiary alicyclic amines) is 1. The zero-order valence-corrected chi connectivity index (χ0v) is 10.9. The van der Waals surface area contributed by atoms with Crippen molar-refractivity contribution in [3.63, 3.8) is 0 Å². The summed E-state index contributed by atoms with van der Waals surface area (Å²) in [5.74, 6) is 0.288. The highest BCUT2D eigenvalue weighted by Crippen LogP contribution is 2.43. The minimum absolute atomic E-state index is 0.0793. The van der Waals surface area contributed by atoms with E-state index < -0.39 is 5.97 Å². The van der Waals surface area contributed by atoms with E-state index in [1.165, 1.54) is 12.8 Å². The second kappa shape index (κ2) is 4.94. The van der Waals surface area contributed by atoms with Crippen molar-refractivity contribution in [2.75, 3.05) is 13.7 Å². The summed E-state index contributed by atoms with van der Waals surface area (Å²) in [4.78, 5) is 13.6. The van der Waals surface area contributed by atoms with Crippen LogP contribution in [0.1, 0.15) is 33.1 Å². The first-order valence-corrected chi connectivity index (χ1v) is 6.57. The van der Waals surface area contributed by atoms with Gasteiger partial charge in [0.2, 0.25) is 0 Å². The fraction of sp³-hybridized carbons (Fsp3) is 0.923. The summed E-state index contributed by atoms with van der Waals surface area (Å²) < 4.78 is 5.34. The lowest BCUT2D eigenvalue weighted by Crippen LogP contribution is -2.48. The van der Waals surface area contributed by atoms with E-state index in [9.17, 15) is 9.90 Å². The second-order valence-corrected chi connectivity index (χ2v) is 5.52. The van der Waals surface area contributed by atoms with Gasteiger partial charge in [0, 0.05) is 19.7 Å². The minimum Gasteiger partial charge on any atom is -0.480 e. The third-order valence-electron chi connectivity index (χ3n) is 4.75. The molecule has 17 heavy (non-hydrogen) atoms. The molecule has 0 aromatic heterocycles. The van der Waals surface area contributed by atoms with Crippen LogP contribution in [0.2, 0.25) is 0 Å². The fourth-order valence-electron chi connectivity index (χ4n) is 3.55. The van der Waals surface area contributed by atoms with Crippen LogP contribution < -0.4 is 0 Å². The van der Waals surface area contributed by atoms with E-state index in [4.69, 9.17) is 4.74 Å². The Labute approximate surface area is 103 Å². The molecule has 4 heteroatoms. The molecule has 0 spiro atoms. The molecule has 1 heterocycles. The van der Waals surface area contributed by atoms with Crippen LogP contribution in [0.4, 0.5) is 0 Å². The monoisotopic (exact) mass is 241 g/mol. The smallest absolute Gasteiger partial charge is 0.321 e. The van der Waals surface area contributed by atoms with Gasteiger partial charge in [0.25, 0.3) is 0 Å². The first kappa shape index (κ1) is 12.8. The van der Waals surface area contributed by atoms with Crippen molar-refractivity contribution < 1.29 is 14.6 Å². The molecule has 1 aliphatic heterocycles. The molecule has 0 radical (unpaired) electrons. The molecule has 98 valence electrons. The van der Waals surface area contributed by atoms with Gasteiger partial charge in [0.1, 0.15) is 6.04 Å². The zero-order valence-electron chi connectivity index (χ0n) is 10.9. The number of hydrogen-bond acceptors (Lipinski definition) is 3. The average Bonchev–Trinajstić information content (AvgIpc) is 2.85. The van der Waals surface area contributed by atoms with Crippen molar-refractivity contribution in [1.82, 2.24) is 4.90 Å². The van der Waals surface area contributed by atoms with Crippen molar-refractivity contribution in [3.05, 3.63) is 0 Å². The first-order valence-electron chi connectivity index (χ1n) is 6.57. The van der Waals surface area contributed by atoms with Gasteiger partial charge in [-0.15, -0.1) is 0 Å². The molecule has 5 atom stereocenters. The summed E-state index contributed by atoms with van der Waals surface area (Å²) in [6.07, 6.45) is 3.54. The molecule has 1 N–H and O–H groups in total. The maximum absolute atomic E-state index is 11.5. The maximum atomic E-state index is 11.5. The van der Waals surface area contributed by atoms with Crippen molar-refractivity contribution in [3.8, 4) is 0 Å². The molecule has 5 unspecified atom stereocenters. The van der Waals surface area contributed by atoms with Gasteiger partial charge < -0.3 is 9.84 Å². The van der Waals surface area contributed by atoms with Crippen molar-refractivity contribution in [2.24, 2.45) is 11.8 Å². The predicted octanol–water partition coefficient (Wildman–Crippen LogP) is 1.59. The Hall–Kier alpha value is -0.610. The zero-order chi connectivity index (χ0) is 12.6. The molecular formula is C13H23NO3. The second-order valence-electron chi connectivity index (χ2n) is 5.52. The average molecular weight is 241 g/mol. The number of methoxy groups -OCH3 is 1. The molecular weight excluding hydrogens is 218 g/mol. The molecule has 2 rings (SSSR count). The maximum Gasteiger partial charge on any atom is 0.321 e. The number of carboxylic acid groups (broad SMARTS) is 1. The molecule has 2 fully saturated rings. The summed E-state index contributed by atoms with van der Waals surface area (Å²) in [6.45, 7) is 5.01. The largest absolute Gasteiger partial charge is 0.480 e. The number of ether oxygens (including phenoxy) is 1. The lowest BCUT2D eigenvalue weighted by atomic mass is 9.94. The Morgan fingerprint density at radius 3 is 2.71 bits per heavy atom. The number of nitrogens with zero attached hydrogens (tertiary/aromatic N) is 1. The lowest BCUT2D eigenvalue weighted by molar-refractivity contribution is -0.145. The lowest BCUT2D eigenvalue weighted by Gasteiger charge is -2.33. The fourth-order valence-corrected chi connectivity index (χ4v) is 3.55. The Balaban J connectivity index is 2.14. The predicted molar refractivity (Wildman–Crippen MR) is 64.9 cm³/mol. The van der Waals surface area contributed by atoms with Crippen LogP contribution in [-0.4, -0.2) is 47.8 Å². The van der Waals surface area contributed by atoms with Crippen LogP contribution in [0.15, 0.2) is 0 Å². The first-order chi connectivity index (χ1) is 8.06. The number of rotatable bonds is 4. The highest BCUT2D eigenvalue weighted by atomic mass is 16.5. The van der Waals surface area contributed by atoms with Crippen LogP contribution in [0.5, 0.6) is 0 Å². The molecule has 0 aromatic rings. The Kier molecular flexibility index (Phi) is 3.73. The highest BCUT2D eigenvalue weighted by Gasteiger charge is 2.49. The van der Waals surface area contributed by atoms with Gasteiger partial charge in [0.05, 0.1) is 6.10 Å². The third kappa shape index (κ3) is 2.20. The summed E-state index contributed by atoms with van der Waals surface area (Å²) in [5, 5.41) is 9.45. The molecule has 4 nitrogen and oxygen atoms in total. The van der Waals surface area contributed by atoms with Crippen molar-refractivity contribution >= 4 is 5.97 Å². The van der Waals surface area contributed by atoms with Gasteiger partial charge in [-0.2, -0.15) is 0 Å². The van der Waals surface area contributed by atoms with E-state index in [0.717, 1.165) is 13.0 Å². The number of fused-ring (bicyclic) bond motifs is 1. The minimum atomic E-state index is -0.658.